The van der Waals surface area contributed by atoms with Crippen LogP contribution in [-0.2, 0) is 11.2 Å². The summed E-state index contributed by atoms with van der Waals surface area (Å²) in [5.41, 5.74) is 0.247. The lowest BCUT2D eigenvalue weighted by Gasteiger charge is -2.48. The highest BCUT2D eigenvalue weighted by atomic mass is 32.1. The normalized spacial score (nSPS) is 23.1. The quantitative estimate of drug-likeness (QED) is 0.906. The molecule has 0 aromatic carbocycles. The Hall–Kier alpha value is -0.720. The molecule has 1 N–H and O–H groups in total. The molecular formula is C15H26N4OS. The van der Waals surface area contributed by atoms with Crippen LogP contribution < -0.4 is 5.32 Å². The van der Waals surface area contributed by atoms with Gasteiger partial charge in [-0.3, -0.25) is 4.90 Å². The first kappa shape index (κ1) is 15.2. The number of nitrogens with zero attached hydrogens (tertiary/aromatic N) is 3. The van der Waals surface area contributed by atoms with Crippen molar-refractivity contribution in [1.82, 2.24) is 14.3 Å². The van der Waals surface area contributed by atoms with Crippen LogP contribution in [0.3, 0.4) is 0 Å². The third-order valence-corrected chi connectivity index (χ3v) is 5.51. The molecule has 0 atom stereocenters. The van der Waals surface area contributed by atoms with Gasteiger partial charge in [0.05, 0.1) is 0 Å². The average molecular weight is 310 g/mol. The van der Waals surface area contributed by atoms with E-state index in [0.29, 0.717) is 0 Å². The zero-order valence-electron chi connectivity index (χ0n) is 12.9. The van der Waals surface area contributed by atoms with Crippen LogP contribution in [0.25, 0.3) is 0 Å². The second kappa shape index (κ2) is 7.03. The fourth-order valence-corrected chi connectivity index (χ4v) is 4.08. The van der Waals surface area contributed by atoms with E-state index >= 15 is 0 Å². The predicted molar refractivity (Wildman–Crippen MR) is 86.0 cm³/mol. The van der Waals surface area contributed by atoms with Crippen molar-refractivity contribution in [1.29, 1.82) is 0 Å². The molecule has 3 rings (SSSR count). The minimum atomic E-state index is 0.247. The Morgan fingerprint density at radius 3 is 2.67 bits per heavy atom. The molecule has 2 fully saturated rings. The van der Waals surface area contributed by atoms with Crippen LogP contribution in [0.15, 0.2) is 0 Å². The lowest BCUT2D eigenvalue weighted by Crippen LogP contribution is -2.57. The van der Waals surface area contributed by atoms with E-state index in [9.17, 15) is 0 Å². The fraction of sp³-hybridized carbons (Fsp3) is 0.867. The van der Waals surface area contributed by atoms with Gasteiger partial charge >= 0.3 is 0 Å². The summed E-state index contributed by atoms with van der Waals surface area (Å²) >= 11 is 1.49. The molecule has 5 nitrogen and oxygen atoms in total. The van der Waals surface area contributed by atoms with Crippen molar-refractivity contribution < 1.29 is 4.74 Å². The van der Waals surface area contributed by atoms with Crippen LogP contribution in [0.5, 0.6) is 0 Å². The maximum Gasteiger partial charge on any atom is 0.202 e. The van der Waals surface area contributed by atoms with Crippen molar-refractivity contribution in [2.45, 2.75) is 51.0 Å². The third-order valence-electron chi connectivity index (χ3n) is 4.80. The van der Waals surface area contributed by atoms with Crippen LogP contribution in [-0.4, -0.2) is 52.6 Å². The molecular weight excluding hydrogens is 284 g/mol. The Morgan fingerprint density at radius 2 is 2.00 bits per heavy atom. The summed E-state index contributed by atoms with van der Waals surface area (Å²) in [6.45, 7) is 7.30. The second-order valence-corrected chi connectivity index (χ2v) is 6.86. The summed E-state index contributed by atoms with van der Waals surface area (Å²) < 4.78 is 9.97. The summed E-state index contributed by atoms with van der Waals surface area (Å²) in [5.74, 6) is 0.946. The first-order chi connectivity index (χ1) is 10.3. The molecule has 0 amide bonds. The van der Waals surface area contributed by atoms with Gasteiger partial charge in [-0.25, -0.2) is 4.98 Å². The Labute approximate surface area is 131 Å². The zero-order valence-corrected chi connectivity index (χ0v) is 13.8. The summed E-state index contributed by atoms with van der Waals surface area (Å²) in [4.78, 5) is 7.24. The van der Waals surface area contributed by atoms with E-state index in [0.717, 1.165) is 50.0 Å². The molecule has 3 heterocycles. The van der Waals surface area contributed by atoms with Gasteiger partial charge in [-0.05, 0) is 38.8 Å². The van der Waals surface area contributed by atoms with E-state index < -0.39 is 0 Å². The molecule has 118 valence electrons. The molecule has 0 saturated carbocycles. The first-order valence-electron chi connectivity index (χ1n) is 8.22. The molecule has 0 unspecified atom stereocenters. The fourth-order valence-electron chi connectivity index (χ4n) is 3.43. The molecule has 1 aromatic rings. The van der Waals surface area contributed by atoms with Crippen LogP contribution >= 0.6 is 11.5 Å². The van der Waals surface area contributed by atoms with Gasteiger partial charge in [-0.1, -0.05) is 13.3 Å². The van der Waals surface area contributed by atoms with Gasteiger partial charge in [0.25, 0.3) is 0 Å². The second-order valence-electron chi connectivity index (χ2n) is 6.11. The molecule has 2 saturated heterocycles. The summed E-state index contributed by atoms with van der Waals surface area (Å²) in [5, 5.41) is 4.52. The number of hydrogen-bond donors (Lipinski definition) is 1. The maximum absolute atomic E-state index is 5.61. The van der Waals surface area contributed by atoms with E-state index in [1.807, 2.05) is 0 Å². The van der Waals surface area contributed by atoms with E-state index in [1.165, 1.54) is 43.9 Å². The standard InChI is InChI=1S/C15H26N4OS/c1-2-13-17-14(21-18-13)16-12-15(6-10-20-11-7-15)19-8-4-3-5-9-19/h2-12H2,1H3,(H,16,17,18). The Bertz CT molecular complexity index is 439. The summed E-state index contributed by atoms with van der Waals surface area (Å²) in [7, 11) is 0. The first-order valence-corrected chi connectivity index (χ1v) is 8.99. The van der Waals surface area contributed by atoms with Crippen molar-refractivity contribution in [3.8, 4) is 0 Å². The summed E-state index contributed by atoms with van der Waals surface area (Å²) in [6.07, 6.45) is 7.21. The molecule has 0 radical (unpaired) electrons. The Kier molecular flexibility index (Phi) is 5.08. The van der Waals surface area contributed by atoms with Gasteiger partial charge in [0.1, 0.15) is 5.82 Å². The lowest BCUT2D eigenvalue weighted by atomic mass is 9.86. The van der Waals surface area contributed by atoms with Gasteiger partial charge in [0.15, 0.2) is 0 Å². The molecule has 0 bridgehead atoms. The number of nitrogens with one attached hydrogen (secondary N) is 1. The molecule has 21 heavy (non-hydrogen) atoms. The summed E-state index contributed by atoms with van der Waals surface area (Å²) in [6, 6.07) is 0. The van der Waals surface area contributed by atoms with Gasteiger partial charge in [0.2, 0.25) is 5.13 Å². The number of aromatic nitrogens is 2. The minimum Gasteiger partial charge on any atom is -0.381 e. The van der Waals surface area contributed by atoms with E-state index in [2.05, 4.69) is 26.5 Å². The molecule has 6 heteroatoms. The van der Waals surface area contributed by atoms with Crippen molar-refractivity contribution in [2.75, 3.05) is 38.2 Å². The van der Waals surface area contributed by atoms with Crippen molar-refractivity contribution in [3.05, 3.63) is 5.82 Å². The molecule has 0 aliphatic carbocycles. The smallest absolute Gasteiger partial charge is 0.202 e. The Balaban J connectivity index is 1.66. The number of piperidine rings is 1. The molecule has 2 aliphatic heterocycles. The number of hydrogen-bond acceptors (Lipinski definition) is 6. The van der Waals surface area contributed by atoms with Gasteiger partial charge in [-0.15, -0.1) is 0 Å². The average Bonchev–Trinajstić information content (AvgIpc) is 3.03. The third kappa shape index (κ3) is 3.55. The minimum absolute atomic E-state index is 0.247. The number of ether oxygens (including phenoxy) is 1. The largest absolute Gasteiger partial charge is 0.381 e. The van der Waals surface area contributed by atoms with E-state index in [1.54, 1.807) is 0 Å². The number of likely N-dealkylation sites (tertiary alicyclic amines) is 1. The van der Waals surface area contributed by atoms with Gasteiger partial charge in [0, 0.05) is 43.3 Å². The SMILES string of the molecule is CCc1nsc(NCC2(N3CCCCC3)CCOCC2)n1. The van der Waals surface area contributed by atoms with E-state index in [-0.39, 0.29) is 5.54 Å². The maximum atomic E-state index is 5.61. The predicted octanol–water partition coefficient (Wildman–Crippen LogP) is 2.55. The monoisotopic (exact) mass is 310 g/mol. The molecule has 1 aromatic heterocycles. The van der Waals surface area contributed by atoms with Crippen LogP contribution in [0.2, 0.25) is 0 Å². The van der Waals surface area contributed by atoms with Crippen molar-refractivity contribution >= 4 is 16.7 Å². The van der Waals surface area contributed by atoms with Gasteiger partial charge in [-0.2, -0.15) is 4.37 Å². The Morgan fingerprint density at radius 1 is 1.24 bits per heavy atom. The van der Waals surface area contributed by atoms with Crippen molar-refractivity contribution in [2.24, 2.45) is 0 Å². The van der Waals surface area contributed by atoms with Crippen LogP contribution in [0, 0.1) is 0 Å². The molecule has 0 spiro atoms. The van der Waals surface area contributed by atoms with Gasteiger partial charge < -0.3 is 10.1 Å². The lowest BCUT2D eigenvalue weighted by molar-refractivity contribution is -0.0293. The highest BCUT2D eigenvalue weighted by molar-refractivity contribution is 7.09. The van der Waals surface area contributed by atoms with Crippen molar-refractivity contribution in [3.63, 3.8) is 0 Å². The number of rotatable bonds is 5. The highest BCUT2D eigenvalue weighted by Crippen LogP contribution is 2.31. The topological polar surface area (TPSA) is 50.3 Å². The van der Waals surface area contributed by atoms with Crippen LogP contribution in [0.4, 0.5) is 5.13 Å². The number of anilines is 1. The zero-order chi connectivity index (χ0) is 14.5. The number of aryl methyl sites for hydroxylation is 1. The highest BCUT2D eigenvalue weighted by Gasteiger charge is 2.38. The molecule has 2 aliphatic rings. The van der Waals surface area contributed by atoms with Crippen LogP contribution in [0.1, 0.15) is 44.9 Å². The van der Waals surface area contributed by atoms with E-state index in [4.69, 9.17) is 4.74 Å².